The quantitative estimate of drug-likeness (QED) is 0.692. The van der Waals surface area contributed by atoms with Crippen molar-refractivity contribution in [2.75, 3.05) is 6.61 Å². The maximum atomic E-state index is 9.71. The second-order valence-corrected chi connectivity index (χ2v) is 4.85. The molecule has 0 aliphatic carbocycles. The minimum atomic E-state index is -1.14. The second kappa shape index (κ2) is 5.16. The highest BCUT2D eigenvalue weighted by Gasteiger charge is 2.37. The third-order valence-corrected chi connectivity index (χ3v) is 3.64. The van der Waals surface area contributed by atoms with Crippen LogP contribution in [0.3, 0.4) is 0 Å². The molecule has 0 spiro atoms. The van der Waals surface area contributed by atoms with E-state index >= 15 is 0 Å². The Labute approximate surface area is 97.9 Å². The van der Waals surface area contributed by atoms with Crippen LogP contribution in [0.1, 0.15) is 0 Å². The topological polar surface area (TPSA) is 69.9 Å². The average Bonchev–Trinajstić information content (AvgIpc) is 2.31. The molecule has 0 amide bonds. The monoisotopic (exact) mass is 242 g/mol. The van der Waals surface area contributed by atoms with Crippen molar-refractivity contribution in [3.8, 4) is 0 Å². The summed E-state index contributed by atoms with van der Waals surface area (Å²) in [5.74, 6) is 0. The van der Waals surface area contributed by atoms with Crippen molar-refractivity contribution in [1.29, 1.82) is 0 Å². The molecule has 1 aromatic carbocycles. The summed E-state index contributed by atoms with van der Waals surface area (Å²) in [6.45, 7) is 0.0444. The average molecular weight is 242 g/mol. The molecule has 5 heteroatoms. The van der Waals surface area contributed by atoms with E-state index in [0.29, 0.717) is 0 Å². The van der Waals surface area contributed by atoms with Crippen molar-refractivity contribution in [1.82, 2.24) is 0 Å². The first-order valence-corrected chi connectivity index (χ1v) is 5.94. The lowest BCUT2D eigenvalue weighted by Gasteiger charge is -2.34. The van der Waals surface area contributed by atoms with E-state index in [0.717, 1.165) is 4.90 Å². The van der Waals surface area contributed by atoms with E-state index in [1.807, 2.05) is 30.3 Å². The summed E-state index contributed by atoms with van der Waals surface area (Å²) in [7, 11) is 0. The van der Waals surface area contributed by atoms with Crippen molar-refractivity contribution in [2.45, 2.75) is 28.6 Å². The number of aliphatic hydroxyl groups is 3. The highest BCUT2D eigenvalue weighted by Crippen LogP contribution is 2.30. The summed E-state index contributed by atoms with van der Waals surface area (Å²) in [5, 5.41) is 28.5. The fraction of sp³-hybridized carbons (Fsp3) is 0.455. The SMILES string of the molecule is O[C@H]1[C@@H](O)COC(Sc2ccccc2)[C@@H]1O. The molecule has 2 rings (SSSR count). The van der Waals surface area contributed by atoms with Crippen LogP contribution in [0.5, 0.6) is 0 Å². The van der Waals surface area contributed by atoms with Gasteiger partial charge in [0.2, 0.25) is 0 Å². The molecule has 16 heavy (non-hydrogen) atoms. The molecule has 1 aliphatic heterocycles. The number of hydrogen-bond acceptors (Lipinski definition) is 5. The van der Waals surface area contributed by atoms with E-state index in [-0.39, 0.29) is 6.61 Å². The molecule has 3 N–H and O–H groups in total. The predicted octanol–water partition coefficient (Wildman–Crippen LogP) is 0.218. The van der Waals surface area contributed by atoms with Gasteiger partial charge in [-0.15, -0.1) is 0 Å². The van der Waals surface area contributed by atoms with Crippen molar-refractivity contribution < 1.29 is 20.1 Å². The van der Waals surface area contributed by atoms with Gasteiger partial charge in [0.1, 0.15) is 23.7 Å². The Balaban J connectivity index is 2.00. The first kappa shape index (κ1) is 11.9. The van der Waals surface area contributed by atoms with Gasteiger partial charge in [-0.3, -0.25) is 0 Å². The number of rotatable bonds is 2. The van der Waals surface area contributed by atoms with E-state index in [2.05, 4.69) is 0 Å². The van der Waals surface area contributed by atoms with Gasteiger partial charge in [0, 0.05) is 4.90 Å². The molecule has 1 aromatic rings. The number of hydrogen-bond donors (Lipinski definition) is 3. The smallest absolute Gasteiger partial charge is 0.136 e. The summed E-state index contributed by atoms with van der Waals surface area (Å²) in [6, 6.07) is 9.49. The Morgan fingerprint density at radius 2 is 1.75 bits per heavy atom. The standard InChI is InChI=1S/C11H14O4S/c12-8-6-15-11(10(14)9(8)13)16-7-4-2-1-3-5-7/h1-5,8-14H,6H2/t8-,9-,10+,11?/m0/s1. The molecule has 88 valence electrons. The summed E-state index contributed by atoms with van der Waals surface area (Å²) in [6.07, 6.45) is -3.23. The van der Waals surface area contributed by atoms with Crippen molar-refractivity contribution in [2.24, 2.45) is 0 Å². The van der Waals surface area contributed by atoms with E-state index in [1.165, 1.54) is 11.8 Å². The van der Waals surface area contributed by atoms with E-state index in [4.69, 9.17) is 4.74 Å². The zero-order chi connectivity index (χ0) is 11.5. The number of thioether (sulfide) groups is 1. The molecule has 1 aliphatic rings. The maximum Gasteiger partial charge on any atom is 0.136 e. The molecular weight excluding hydrogens is 228 g/mol. The second-order valence-electron chi connectivity index (χ2n) is 3.68. The Morgan fingerprint density at radius 1 is 1.06 bits per heavy atom. The molecule has 0 aromatic heterocycles. The molecule has 1 fully saturated rings. The van der Waals surface area contributed by atoms with Gasteiger partial charge >= 0.3 is 0 Å². The molecule has 0 radical (unpaired) electrons. The van der Waals surface area contributed by atoms with Crippen LogP contribution in [-0.2, 0) is 4.74 Å². The molecule has 4 atom stereocenters. The van der Waals surface area contributed by atoms with Gasteiger partial charge in [-0.25, -0.2) is 0 Å². The molecule has 1 unspecified atom stereocenters. The maximum absolute atomic E-state index is 9.71. The number of ether oxygens (including phenoxy) is 1. The first-order valence-electron chi connectivity index (χ1n) is 5.06. The highest BCUT2D eigenvalue weighted by molar-refractivity contribution is 7.99. The van der Waals surface area contributed by atoms with Crippen LogP contribution in [0.15, 0.2) is 35.2 Å². The molecule has 0 bridgehead atoms. The summed E-state index contributed by atoms with van der Waals surface area (Å²) >= 11 is 1.34. The summed E-state index contributed by atoms with van der Waals surface area (Å²) in [5.41, 5.74) is -0.541. The first-order chi connectivity index (χ1) is 7.68. The molecular formula is C11H14O4S. The fourth-order valence-corrected chi connectivity index (χ4v) is 2.55. The lowest BCUT2D eigenvalue weighted by atomic mass is 10.1. The zero-order valence-electron chi connectivity index (χ0n) is 8.56. The normalized spacial score (nSPS) is 34.9. The highest BCUT2D eigenvalue weighted by atomic mass is 32.2. The van der Waals surface area contributed by atoms with E-state index < -0.39 is 23.7 Å². The zero-order valence-corrected chi connectivity index (χ0v) is 9.38. The van der Waals surface area contributed by atoms with Crippen LogP contribution < -0.4 is 0 Å². The fourth-order valence-electron chi connectivity index (χ4n) is 1.52. The van der Waals surface area contributed by atoms with Gasteiger partial charge in [-0.2, -0.15) is 0 Å². The number of aliphatic hydroxyl groups excluding tert-OH is 3. The molecule has 1 saturated heterocycles. The van der Waals surface area contributed by atoms with Crippen LogP contribution in [-0.4, -0.2) is 45.7 Å². The Bertz CT molecular complexity index is 332. The van der Waals surface area contributed by atoms with Gasteiger partial charge < -0.3 is 20.1 Å². The minimum Gasteiger partial charge on any atom is -0.388 e. The number of benzene rings is 1. The lowest BCUT2D eigenvalue weighted by Crippen LogP contribution is -2.51. The van der Waals surface area contributed by atoms with Gasteiger partial charge in [-0.05, 0) is 12.1 Å². The molecule has 0 saturated carbocycles. The summed E-state index contributed by atoms with van der Waals surface area (Å²) in [4.78, 5) is 0.954. The summed E-state index contributed by atoms with van der Waals surface area (Å²) < 4.78 is 5.28. The largest absolute Gasteiger partial charge is 0.388 e. The van der Waals surface area contributed by atoms with Gasteiger partial charge in [0.15, 0.2) is 0 Å². The molecule has 4 nitrogen and oxygen atoms in total. The Kier molecular flexibility index (Phi) is 3.83. The Hall–Kier alpha value is -0.590. The lowest BCUT2D eigenvalue weighted by molar-refractivity contribution is -0.161. The third-order valence-electron chi connectivity index (χ3n) is 2.45. The van der Waals surface area contributed by atoms with Crippen molar-refractivity contribution >= 4 is 11.8 Å². The van der Waals surface area contributed by atoms with Gasteiger partial charge in [0.25, 0.3) is 0 Å². The van der Waals surface area contributed by atoms with E-state index in [9.17, 15) is 15.3 Å². The van der Waals surface area contributed by atoms with Crippen LogP contribution in [0.2, 0.25) is 0 Å². The van der Waals surface area contributed by atoms with Crippen molar-refractivity contribution in [3.05, 3.63) is 30.3 Å². The third kappa shape index (κ3) is 2.56. The van der Waals surface area contributed by atoms with E-state index in [1.54, 1.807) is 0 Å². The van der Waals surface area contributed by atoms with Crippen LogP contribution in [0, 0.1) is 0 Å². The van der Waals surface area contributed by atoms with Crippen molar-refractivity contribution in [3.63, 3.8) is 0 Å². The van der Waals surface area contributed by atoms with Gasteiger partial charge in [0.05, 0.1) is 6.61 Å². The Morgan fingerprint density at radius 3 is 2.44 bits per heavy atom. The molecule has 1 heterocycles. The predicted molar refractivity (Wildman–Crippen MR) is 60.1 cm³/mol. The van der Waals surface area contributed by atoms with Crippen LogP contribution in [0.25, 0.3) is 0 Å². The van der Waals surface area contributed by atoms with Crippen LogP contribution >= 0.6 is 11.8 Å². The van der Waals surface area contributed by atoms with Gasteiger partial charge in [-0.1, -0.05) is 30.0 Å². The minimum absolute atomic E-state index is 0.0444. The van der Waals surface area contributed by atoms with Crippen LogP contribution in [0.4, 0.5) is 0 Å².